The van der Waals surface area contributed by atoms with E-state index >= 15 is 0 Å². The number of benzene rings is 1. The van der Waals surface area contributed by atoms with Gasteiger partial charge in [-0.1, -0.05) is 29.8 Å². The normalized spacial score (nSPS) is 16.4. The van der Waals surface area contributed by atoms with Gasteiger partial charge in [-0.3, -0.25) is 15.1 Å². The molecule has 4 rings (SSSR count). The van der Waals surface area contributed by atoms with Gasteiger partial charge >= 0.3 is 0 Å². The van der Waals surface area contributed by atoms with Gasteiger partial charge in [-0.2, -0.15) is 10.2 Å². The molecular weight excluding hydrogens is 336 g/mol. The van der Waals surface area contributed by atoms with E-state index in [2.05, 4.69) is 36.3 Å². The van der Waals surface area contributed by atoms with Crippen LogP contribution in [0.25, 0.3) is 11.3 Å². The fraction of sp³-hybridized carbons (Fsp3) is 0.389. The van der Waals surface area contributed by atoms with Crippen molar-refractivity contribution < 1.29 is 0 Å². The Hall–Kier alpha value is -2.18. The molecule has 2 N–H and O–H groups in total. The molecule has 3 aromatic rings. The molecule has 1 aromatic carbocycles. The van der Waals surface area contributed by atoms with Crippen LogP contribution in [-0.2, 0) is 6.54 Å². The van der Waals surface area contributed by atoms with Crippen molar-refractivity contribution in [1.82, 2.24) is 30.3 Å². The molecule has 0 spiro atoms. The van der Waals surface area contributed by atoms with Crippen LogP contribution in [0.15, 0.2) is 30.3 Å². The molecule has 0 radical (unpaired) electrons. The highest BCUT2D eigenvalue weighted by Crippen LogP contribution is 2.31. The SMILES string of the molecule is Cc1nc(CN2CCC(c3cc(-c4ccccc4Cl)n[nH]3)CC2)n[nH]1. The third kappa shape index (κ3) is 3.60. The summed E-state index contributed by atoms with van der Waals surface area (Å²) in [7, 11) is 0. The highest BCUT2D eigenvalue weighted by molar-refractivity contribution is 6.33. The second-order valence-electron chi connectivity index (χ2n) is 6.58. The second kappa shape index (κ2) is 6.98. The Bertz CT molecular complexity index is 847. The molecule has 25 heavy (non-hydrogen) atoms. The summed E-state index contributed by atoms with van der Waals surface area (Å²) in [5.74, 6) is 2.25. The topological polar surface area (TPSA) is 73.5 Å². The van der Waals surface area contributed by atoms with Crippen LogP contribution in [0.4, 0.5) is 0 Å². The maximum absolute atomic E-state index is 6.28. The van der Waals surface area contributed by atoms with Gasteiger partial charge in [-0.15, -0.1) is 0 Å². The molecule has 6 nitrogen and oxygen atoms in total. The van der Waals surface area contributed by atoms with Gasteiger partial charge in [0.25, 0.3) is 0 Å². The lowest BCUT2D eigenvalue weighted by Gasteiger charge is -2.30. The monoisotopic (exact) mass is 356 g/mol. The van der Waals surface area contributed by atoms with Crippen molar-refractivity contribution in [3.05, 3.63) is 52.7 Å². The number of piperidine rings is 1. The Morgan fingerprint density at radius 2 is 1.96 bits per heavy atom. The summed E-state index contributed by atoms with van der Waals surface area (Å²) in [6.45, 7) is 4.82. The van der Waals surface area contributed by atoms with Gasteiger partial charge in [-0.25, -0.2) is 4.98 Å². The predicted molar refractivity (Wildman–Crippen MR) is 97.4 cm³/mol. The lowest BCUT2D eigenvalue weighted by atomic mass is 9.93. The molecule has 0 bridgehead atoms. The van der Waals surface area contributed by atoms with Gasteiger partial charge in [0.05, 0.1) is 17.3 Å². The zero-order valence-electron chi connectivity index (χ0n) is 14.2. The number of hydrogen-bond acceptors (Lipinski definition) is 4. The molecule has 1 saturated heterocycles. The van der Waals surface area contributed by atoms with Crippen LogP contribution in [0.5, 0.6) is 0 Å². The van der Waals surface area contributed by atoms with E-state index in [1.165, 1.54) is 5.69 Å². The molecule has 0 amide bonds. The van der Waals surface area contributed by atoms with Crippen molar-refractivity contribution in [1.29, 1.82) is 0 Å². The van der Waals surface area contributed by atoms with E-state index in [0.29, 0.717) is 5.92 Å². The summed E-state index contributed by atoms with van der Waals surface area (Å²) in [4.78, 5) is 6.80. The van der Waals surface area contributed by atoms with Crippen molar-refractivity contribution in [3.8, 4) is 11.3 Å². The van der Waals surface area contributed by atoms with Crippen molar-refractivity contribution >= 4 is 11.6 Å². The molecule has 1 aliphatic heterocycles. The Labute approximate surface area is 151 Å². The van der Waals surface area contributed by atoms with Gasteiger partial charge < -0.3 is 0 Å². The minimum atomic E-state index is 0.508. The zero-order chi connectivity index (χ0) is 17.2. The molecule has 0 aliphatic carbocycles. The molecule has 7 heteroatoms. The fourth-order valence-electron chi connectivity index (χ4n) is 3.41. The van der Waals surface area contributed by atoms with Crippen LogP contribution in [-0.4, -0.2) is 43.4 Å². The van der Waals surface area contributed by atoms with Crippen molar-refractivity contribution in [2.24, 2.45) is 0 Å². The first-order chi connectivity index (χ1) is 12.2. The van der Waals surface area contributed by atoms with Crippen LogP contribution >= 0.6 is 11.6 Å². The van der Waals surface area contributed by atoms with Gasteiger partial charge in [0.2, 0.25) is 0 Å². The van der Waals surface area contributed by atoms with Crippen LogP contribution < -0.4 is 0 Å². The largest absolute Gasteiger partial charge is 0.296 e. The summed E-state index contributed by atoms with van der Waals surface area (Å²) in [6, 6.07) is 9.96. The van der Waals surface area contributed by atoms with Crippen molar-refractivity contribution in [3.63, 3.8) is 0 Å². The standard InChI is InChI=1S/C18H21ClN6/c1-12-20-18(24-21-12)11-25-8-6-13(7-9-25)16-10-17(23-22-16)14-4-2-3-5-15(14)19/h2-5,10,13H,6-9,11H2,1H3,(H,22,23)(H,20,21,24). The van der Waals surface area contributed by atoms with E-state index in [-0.39, 0.29) is 0 Å². The minimum absolute atomic E-state index is 0.508. The molecule has 3 heterocycles. The van der Waals surface area contributed by atoms with Crippen molar-refractivity contribution in [2.75, 3.05) is 13.1 Å². The molecular formula is C18H21ClN6. The third-order valence-corrected chi connectivity index (χ3v) is 5.11. The lowest BCUT2D eigenvalue weighted by Crippen LogP contribution is -2.32. The fourth-order valence-corrected chi connectivity index (χ4v) is 3.65. The number of hydrogen-bond donors (Lipinski definition) is 2. The summed E-state index contributed by atoms with van der Waals surface area (Å²) in [5.41, 5.74) is 3.09. The van der Waals surface area contributed by atoms with Gasteiger partial charge in [-0.05, 0) is 45.0 Å². The van der Waals surface area contributed by atoms with Crippen LogP contribution in [0, 0.1) is 6.92 Å². The summed E-state index contributed by atoms with van der Waals surface area (Å²) in [5, 5.41) is 15.5. The molecule has 130 valence electrons. The van der Waals surface area contributed by atoms with Gasteiger partial charge in [0.1, 0.15) is 5.82 Å². The number of halogens is 1. The van der Waals surface area contributed by atoms with E-state index in [0.717, 1.165) is 60.4 Å². The second-order valence-corrected chi connectivity index (χ2v) is 6.98. The Morgan fingerprint density at radius 1 is 1.16 bits per heavy atom. The molecule has 0 unspecified atom stereocenters. The van der Waals surface area contributed by atoms with E-state index < -0.39 is 0 Å². The maximum atomic E-state index is 6.28. The summed E-state index contributed by atoms with van der Waals surface area (Å²) >= 11 is 6.28. The predicted octanol–water partition coefficient (Wildman–Crippen LogP) is 3.54. The van der Waals surface area contributed by atoms with Crippen LogP contribution in [0.3, 0.4) is 0 Å². The van der Waals surface area contributed by atoms with Crippen LogP contribution in [0.1, 0.15) is 36.1 Å². The van der Waals surface area contributed by atoms with E-state index in [1.54, 1.807) is 0 Å². The maximum Gasteiger partial charge on any atom is 0.164 e. The number of aryl methyl sites for hydroxylation is 1. The molecule has 1 aliphatic rings. The number of likely N-dealkylation sites (tertiary alicyclic amines) is 1. The lowest BCUT2D eigenvalue weighted by molar-refractivity contribution is 0.199. The van der Waals surface area contributed by atoms with Crippen molar-refractivity contribution in [2.45, 2.75) is 32.2 Å². The first-order valence-electron chi connectivity index (χ1n) is 8.59. The van der Waals surface area contributed by atoms with E-state index in [4.69, 9.17) is 11.6 Å². The van der Waals surface area contributed by atoms with E-state index in [9.17, 15) is 0 Å². The summed E-state index contributed by atoms with van der Waals surface area (Å²) in [6.07, 6.45) is 2.21. The molecule has 0 atom stereocenters. The molecule has 0 saturated carbocycles. The average molecular weight is 357 g/mol. The van der Waals surface area contributed by atoms with E-state index in [1.807, 2.05) is 31.2 Å². The van der Waals surface area contributed by atoms with Gasteiger partial charge in [0.15, 0.2) is 5.82 Å². The number of aromatic nitrogens is 5. The first kappa shape index (κ1) is 16.3. The minimum Gasteiger partial charge on any atom is -0.296 e. The third-order valence-electron chi connectivity index (χ3n) is 4.78. The highest BCUT2D eigenvalue weighted by atomic mass is 35.5. The number of H-pyrrole nitrogens is 2. The first-order valence-corrected chi connectivity index (χ1v) is 8.97. The van der Waals surface area contributed by atoms with Crippen LogP contribution in [0.2, 0.25) is 5.02 Å². The Morgan fingerprint density at radius 3 is 2.68 bits per heavy atom. The van der Waals surface area contributed by atoms with Gasteiger partial charge in [0, 0.05) is 17.2 Å². The zero-order valence-corrected chi connectivity index (χ0v) is 14.9. The Kier molecular flexibility index (Phi) is 4.55. The Balaban J connectivity index is 1.39. The molecule has 2 aromatic heterocycles. The summed E-state index contributed by atoms with van der Waals surface area (Å²) < 4.78 is 0. The highest BCUT2D eigenvalue weighted by Gasteiger charge is 2.23. The quantitative estimate of drug-likeness (QED) is 0.750. The number of nitrogens with one attached hydrogen (secondary N) is 2. The number of rotatable bonds is 4. The number of aromatic amines is 2. The average Bonchev–Trinajstić information content (AvgIpc) is 3.25. The molecule has 1 fully saturated rings. The number of nitrogens with zero attached hydrogens (tertiary/aromatic N) is 4. The smallest absolute Gasteiger partial charge is 0.164 e.